The highest BCUT2D eigenvalue weighted by molar-refractivity contribution is 6.31. The number of anilines is 1. The van der Waals surface area contributed by atoms with Gasteiger partial charge in [-0.05, 0) is 36.4 Å². The summed E-state index contributed by atoms with van der Waals surface area (Å²) in [5.74, 6) is 0.952. The summed E-state index contributed by atoms with van der Waals surface area (Å²) in [6.45, 7) is 0. The second-order valence-electron chi connectivity index (χ2n) is 5.45. The molecule has 1 amide bonds. The Morgan fingerprint density at radius 3 is 2.92 bits per heavy atom. The first-order valence-corrected chi connectivity index (χ1v) is 8.08. The molecule has 8 heteroatoms. The van der Waals surface area contributed by atoms with Gasteiger partial charge in [-0.1, -0.05) is 23.7 Å². The maximum atomic E-state index is 12.4. The molecule has 2 heterocycles. The van der Waals surface area contributed by atoms with Crippen molar-refractivity contribution in [2.24, 2.45) is 0 Å². The number of furan rings is 1. The number of benzene rings is 2. The van der Waals surface area contributed by atoms with E-state index in [0.29, 0.717) is 22.2 Å². The van der Waals surface area contributed by atoms with Gasteiger partial charge in [0.05, 0.1) is 12.7 Å². The molecule has 0 aliphatic heterocycles. The lowest BCUT2D eigenvalue weighted by atomic mass is 10.2. The zero-order valence-electron chi connectivity index (χ0n) is 13.6. The number of H-pyrrole nitrogens is 1. The molecular weight excluding hydrogens is 356 g/mol. The first-order valence-electron chi connectivity index (χ1n) is 7.70. The fraction of sp³-hybridized carbons (Fsp3) is 0.0556. The number of methoxy groups -OCH3 is 1. The molecule has 0 spiro atoms. The van der Waals surface area contributed by atoms with Crippen LogP contribution in [-0.4, -0.2) is 28.2 Å². The summed E-state index contributed by atoms with van der Waals surface area (Å²) in [6.07, 6.45) is 0. The van der Waals surface area contributed by atoms with E-state index in [1.165, 1.54) is 0 Å². The van der Waals surface area contributed by atoms with Gasteiger partial charge >= 0.3 is 0 Å². The Bertz CT molecular complexity index is 1100. The Hall–Kier alpha value is -3.32. The molecule has 2 aromatic carbocycles. The van der Waals surface area contributed by atoms with E-state index in [4.69, 9.17) is 20.8 Å². The Kier molecular flexibility index (Phi) is 4.06. The first kappa shape index (κ1) is 16.2. The molecule has 4 rings (SSSR count). The van der Waals surface area contributed by atoms with Gasteiger partial charge in [0.25, 0.3) is 5.91 Å². The van der Waals surface area contributed by atoms with Gasteiger partial charge in [0.15, 0.2) is 11.6 Å². The van der Waals surface area contributed by atoms with Crippen LogP contribution in [0.5, 0.6) is 5.75 Å². The average molecular weight is 369 g/mol. The van der Waals surface area contributed by atoms with Crippen LogP contribution in [0.3, 0.4) is 0 Å². The van der Waals surface area contributed by atoms with Crippen molar-refractivity contribution in [3.8, 4) is 17.1 Å². The molecular formula is C18H13ClN4O3. The van der Waals surface area contributed by atoms with Crippen LogP contribution in [-0.2, 0) is 0 Å². The van der Waals surface area contributed by atoms with Gasteiger partial charge in [0.2, 0.25) is 5.95 Å². The number of carbonyl (C=O) groups is 1. The molecule has 2 aromatic heterocycles. The maximum absolute atomic E-state index is 12.4. The summed E-state index contributed by atoms with van der Waals surface area (Å²) in [7, 11) is 1.58. The number of fused-ring (bicyclic) bond motifs is 1. The molecule has 4 aromatic rings. The van der Waals surface area contributed by atoms with Crippen molar-refractivity contribution in [3.05, 3.63) is 59.3 Å². The fourth-order valence-electron chi connectivity index (χ4n) is 2.57. The van der Waals surface area contributed by atoms with E-state index in [2.05, 4.69) is 20.5 Å². The highest BCUT2D eigenvalue weighted by Gasteiger charge is 2.16. The summed E-state index contributed by atoms with van der Waals surface area (Å²) >= 11 is 5.95. The van der Waals surface area contributed by atoms with Crippen molar-refractivity contribution >= 4 is 34.4 Å². The molecule has 0 bridgehead atoms. The normalized spacial score (nSPS) is 10.8. The van der Waals surface area contributed by atoms with Crippen LogP contribution in [0, 0.1) is 0 Å². The molecule has 0 aliphatic rings. The summed E-state index contributed by atoms with van der Waals surface area (Å²) in [5.41, 5.74) is 1.31. The molecule has 0 aliphatic carbocycles. The number of aromatic nitrogens is 3. The zero-order valence-corrected chi connectivity index (χ0v) is 14.4. The highest BCUT2D eigenvalue weighted by atomic mass is 35.5. The number of ether oxygens (including phenoxy) is 1. The highest BCUT2D eigenvalue weighted by Crippen LogP contribution is 2.27. The van der Waals surface area contributed by atoms with E-state index in [9.17, 15) is 4.79 Å². The number of hydrogen-bond donors (Lipinski definition) is 2. The van der Waals surface area contributed by atoms with Crippen LogP contribution in [0.2, 0.25) is 5.02 Å². The SMILES string of the molecule is COc1ccccc1-c1nc(NC(=O)c2cc3cc(Cl)ccc3o2)n[nH]1. The lowest BCUT2D eigenvalue weighted by molar-refractivity contribution is 0.0998. The number of aromatic amines is 1. The van der Waals surface area contributed by atoms with E-state index in [-0.39, 0.29) is 11.7 Å². The minimum absolute atomic E-state index is 0.134. The number of nitrogens with one attached hydrogen (secondary N) is 2. The number of nitrogens with zero attached hydrogens (tertiary/aromatic N) is 2. The standard InChI is InChI=1S/C18H13ClN4O3/c1-25-14-5-3-2-4-12(14)16-20-18(23-22-16)21-17(24)15-9-10-8-11(19)6-7-13(10)26-15/h2-9H,1H3,(H2,20,21,22,23,24). The van der Waals surface area contributed by atoms with Crippen LogP contribution >= 0.6 is 11.6 Å². The van der Waals surface area contributed by atoms with Crippen LogP contribution < -0.4 is 10.1 Å². The molecule has 0 radical (unpaired) electrons. The molecule has 2 N–H and O–H groups in total. The predicted molar refractivity (Wildman–Crippen MR) is 97.5 cm³/mol. The zero-order chi connectivity index (χ0) is 18.1. The van der Waals surface area contributed by atoms with Gasteiger partial charge in [-0.3, -0.25) is 15.2 Å². The van der Waals surface area contributed by atoms with Gasteiger partial charge in [-0.25, -0.2) is 0 Å². The van der Waals surface area contributed by atoms with Crippen LogP contribution in [0.1, 0.15) is 10.6 Å². The summed E-state index contributed by atoms with van der Waals surface area (Å²) in [6, 6.07) is 14.1. The second-order valence-corrected chi connectivity index (χ2v) is 5.89. The maximum Gasteiger partial charge on any atom is 0.293 e. The lowest BCUT2D eigenvalue weighted by Gasteiger charge is -2.04. The Labute approximate surface area is 152 Å². The van der Waals surface area contributed by atoms with E-state index >= 15 is 0 Å². The minimum atomic E-state index is -0.456. The van der Waals surface area contributed by atoms with Gasteiger partial charge < -0.3 is 9.15 Å². The number of halogens is 1. The summed E-state index contributed by atoms with van der Waals surface area (Å²) < 4.78 is 10.8. The van der Waals surface area contributed by atoms with Crippen LogP contribution in [0.4, 0.5) is 5.95 Å². The van der Waals surface area contributed by atoms with Crippen LogP contribution in [0.25, 0.3) is 22.4 Å². The van der Waals surface area contributed by atoms with Crippen molar-refractivity contribution in [2.75, 3.05) is 12.4 Å². The van der Waals surface area contributed by atoms with Gasteiger partial charge in [0.1, 0.15) is 11.3 Å². The lowest BCUT2D eigenvalue weighted by Crippen LogP contribution is -2.11. The third-order valence-electron chi connectivity index (χ3n) is 3.77. The van der Waals surface area contributed by atoms with Crippen molar-refractivity contribution in [3.63, 3.8) is 0 Å². The smallest absolute Gasteiger partial charge is 0.293 e. The molecule has 0 saturated heterocycles. The van der Waals surface area contributed by atoms with E-state index < -0.39 is 5.91 Å². The summed E-state index contributed by atoms with van der Waals surface area (Å²) in [4.78, 5) is 16.7. The first-order chi connectivity index (χ1) is 12.6. The van der Waals surface area contributed by atoms with Crippen molar-refractivity contribution < 1.29 is 13.9 Å². The van der Waals surface area contributed by atoms with Crippen molar-refractivity contribution in [1.82, 2.24) is 15.2 Å². The molecule has 0 atom stereocenters. The second kappa shape index (κ2) is 6.53. The number of amides is 1. The van der Waals surface area contributed by atoms with Gasteiger partial charge in [-0.15, -0.1) is 5.10 Å². The summed E-state index contributed by atoms with van der Waals surface area (Å²) in [5, 5.41) is 10.7. The predicted octanol–water partition coefficient (Wildman–Crippen LogP) is 4.13. The molecule has 0 unspecified atom stereocenters. The minimum Gasteiger partial charge on any atom is -0.496 e. The topological polar surface area (TPSA) is 93.0 Å². The monoisotopic (exact) mass is 368 g/mol. The van der Waals surface area contributed by atoms with Gasteiger partial charge in [-0.2, -0.15) is 4.98 Å². The van der Waals surface area contributed by atoms with Crippen LogP contribution in [0.15, 0.2) is 52.9 Å². The Morgan fingerprint density at radius 1 is 1.23 bits per heavy atom. The number of rotatable bonds is 4. The Balaban J connectivity index is 1.57. The number of hydrogen-bond acceptors (Lipinski definition) is 5. The molecule has 26 heavy (non-hydrogen) atoms. The third-order valence-corrected chi connectivity index (χ3v) is 4.01. The number of para-hydroxylation sites is 1. The largest absolute Gasteiger partial charge is 0.496 e. The molecule has 130 valence electrons. The molecule has 7 nitrogen and oxygen atoms in total. The van der Waals surface area contributed by atoms with E-state index in [1.807, 2.05) is 24.3 Å². The van der Waals surface area contributed by atoms with Gasteiger partial charge in [0, 0.05) is 10.4 Å². The van der Waals surface area contributed by atoms with Crippen molar-refractivity contribution in [2.45, 2.75) is 0 Å². The average Bonchev–Trinajstić information content (AvgIpc) is 3.28. The fourth-order valence-corrected chi connectivity index (χ4v) is 2.75. The van der Waals surface area contributed by atoms with E-state index in [1.54, 1.807) is 31.4 Å². The van der Waals surface area contributed by atoms with Crippen molar-refractivity contribution in [1.29, 1.82) is 0 Å². The molecule has 0 fully saturated rings. The third kappa shape index (κ3) is 3.00. The molecule has 0 saturated carbocycles. The van der Waals surface area contributed by atoms with E-state index in [0.717, 1.165) is 10.9 Å². The number of carbonyl (C=O) groups excluding carboxylic acids is 1. The Morgan fingerprint density at radius 2 is 2.08 bits per heavy atom. The quantitative estimate of drug-likeness (QED) is 0.565.